The summed E-state index contributed by atoms with van der Waals surface area (Å²) in [7, 11) is 0. The molecule has 0 aliphatic heterocycles. The Kier molecular flexibility index (Phi) is 6.06. The minimum atomic E-state index is -0.417. The van der Waals surface area contributed by atoms with Crippen LogP contribution in [-0.2, 0) is 0 Å². The summed E-state index contributed by atoms with van der Waals surface area (Å²) in [6, 6.07) is 19.2. The molecular formula is C22H20ClN3O2. The minimum Gasteiger partial charge on any atom is -0.321 e. The van der Waals surface area contributed by atoms with Gasteiger partial charge in [0.05, 0.1) is 0 Å². The maximum atomic E-state index is 12.6. The standard InChI is InChI=1S/C22H20ClN3O2/c1-14(2)17-9-3-4-10-18(17)26-22(28)20-12-6-11-19(25-20)21(27)24-16-8-5-7-15(23)13-16/h3-14H,1-2H3,(H,24,27)(H,26,28). The van der Waals surface area contributed by atoms with Crippen molar-refractivity contribution < 1.29 is 9.59 Å². The molecule has 2 amide bonds. The number of pyridine rings is 1. The van der Waals surface area contributed by atoms with Gasteiger partial charge in [-0.05, 0) is 47.9 Å². The number of hydrogen-bond donors (Lipinski definition) is 2. The molecule has 2 N–H and O–H groups in total. The third-order valence-corrected chi connectivity index (χ3v) is 4.36. The van der Waals surface area contributed by atoms with Gasteiger partial charge in [0.15, 0.2) is 0 Å². The molecule has 0 unspecified atom stereocenters. The molecule has 0 bridgehead atoms. The van der Waals surface area contributed by atoms with Crippen molar-refractivity contribution in [2.24, 2.45) is 0 Å². The smallest absolute Gasteiger partial charge is 0.274 e. The first-order valence-corrected chi connectivity index (χ1v) is 9.26. The molecule has 0 radical (unpaired) electrons. The number of carbonyl (C=O) groups is 2. The number of halogens is 1. The highest BCUT2D eigenvalue weighted by molar-refractivity contribution is 6.31. The zero-order chi connectivity index (χ0) is 20.1. The predicted molar refractivity (Wildman–Crippen MR) is 112 cm³/mol. The number of nitrogens with one attached hydrogen (secondary N) is 2. The third kappa shape index (κ3) is 4.75. The Balaban J connectivity index is 1.77. The lowest BCUT2D eigenvalue weighted by molar-refractivity contribution is 0.101. The Hall–Kier alpha value is -3.18. The van der Waals surface area contributed by atoms with Crippen LogP contribution >= 0.6 is 11.6 Å². The SMILES string of the molecule is CC(C)c1ccccc1NC(=O)c1cccc(C(=O)Nc2cccc(Cl)c2)n1. The van der Waals surface area contributed by atoms with E-state index in [9.17, 15) is 9.59 Å². The van der Waals surface area contributed by atoms with Gasteiger partial charge in [0.25, 0.3) is 11.8 Å². The summed E-state index contributed by atoms with van der Waals surface area (Å²) in [5.41, 5.74) is 2.63. The molecular weight excluding hydrogens is 374 g/mol. The minimum absolute atomic E-state index is 0.143. The van der Waals surface area contributed by atoms with Crippen molar-refractivity contribution in [1.82, 2.24) is 4.98 Å². The number of rotatable bonds is 5. The molecule has 2 aromatic carbocycles. The largest absolute Gasteiger partial charge is 0.321 e. The summed E-state index contributed by atoms with van der Waals surface area (Å²) in [6.45, 7) is 4.12. The van der Waals surface area contributed by atoms with Crippen molar-refractivity contribution in [2.45, 2.75) is 19.8 Å². The topological polar surface area (TPSA) is 71.1 Å². The lowest BCUT2D eigenvalue weighted by atomic mass is 10.0. The van der Waals surface area contributed by atoms with E-state index in [1.165, 1.54) is 0 Å². The van der Waals surface area contributed by atoms with Crippen molar-refractivity contribution in [1.29, 1.82) is 0 Å². The van der Waals surface area contributed by atoms with Crippen molar-refractivity contribution in [3.05, 3.63) is 88.7 Å². The molecule has 3 rings (SSSR count). The van der Waals surface area contributed by atoms with Crippen molar-refractivity contribution in [3.63, 3.8) is 0 Å². The maximum Gasteiger partial charge on any atom is 0.274 e. The second kappa shape index (κ2) is 8.67. The van der Waals surface area contributed by atoms with Gasteiger partial charge in [0.1, 0.15) is 11.4 Å². The molecule has 1 heterocycles. The van der Waals surface area contributed by atoms with Crippen molar-refractivity contribution in [3.8, 4) is 0 Å². The fourth-order valence-corrected chi connectivity index (χ4v) is 2.94. The quantitative estimate of drug-likeness (QED) is 0.612. The number of para-hydroxylation sites is 1. The van der Waals surface area contributed by atoms with Crippen molar-refractivity contribution >= 4 is 34.8 Å². The fraction of sp³-hybridized carbons (Fsp3) is 0.136. The number of carbonyl (C=O) groups excluding carboxylic acids is 2. The Morgan fingerprint density at radius 1 is 0.857 bits per heavy atom. The van der Waals surface area contributed by atoms with E-state index in [2.05, 4.69) is 29.5 Å². The van der Waals surface area contributed by atoms with Crippen LogP contribution in [0.1, 0.15) is 46.3 Å². The molecule has 142 valence electrons. The molecule has 3 aromatic rings. The van der Waals surface area contributed by atoms with Crippen LogP contribution in [0, 0.1) is 0 Å². The first-order valence-electron chi connectivity index (χ1n) is 8.88. The monoisotopic (exact) mass is 393 g/mol. The highest BCUT2D eigenvalue weighted by atomic mass is 35.5. The van der Waals surface area contributed by atoms with E-state index in [1.54, 1.807) is 42.5 Å². The normalized spacial score (nSPS) is 10.6. The van der Waals surface area contributed by atoms with Gasteiger partial charge in [-0.25, -0.2) is 4.98 Å². The van der Waals surface area contributed by atoms with Gasteiger partial charge in [-0.3, -0.25) is 9.59 Å². The second-order valence-electron chi connectivity index (χ2n) is 6.57. The van der Waals surface area contributed by atoms with E-state index in [4.69, 9.17) is 11.6 Å². The zero-order valence-electron chi connectivity index (χ0n) is 15.6. The van der Waals surface area contributed by atoms with Gasteiger partial charge < -0.3 is 10.6 Å². The van der Waals surface area contributed by atoms with Crippen LogP contribution in [0.5, 0.6) is 0 Å². The van der Waals surface area contributed by atoms with Crippen LogP contribution < -0.4 is 10.6 Å². The zero-order valence-corrected chi connectivity index (χ0v) is 16.3. The Morgan fingerprint density at radius 3 is 2.18 bits per heavy atom. The summed E-state index contributed by atoms with van der Waals surface area (Å²) in [4.78, 5) is 29.3. The molecule has 0 aliphatic rings. The van der Waals surface area contributed by atoms with Gasteiger partial charge in [0.2, 0.25) is 0 Å². The van der Waals surface area contributed by atoms with Gasteiger partial charge in [-0.2, -0.15) is 0 Å². The summed E-state index contributed by atoms with van der Waals surface area (Å²) in [5.74, 6) is -0.524. The van der Waals surface area contributed by atoms with Gasteiger partial charge in [-0.1, -0.05) is 55.8 Å². The second-order valence-corrected chi connectivity index (χ2v) is 7.01. The van der Waals surface area contributed by atoms with E-state index in [0.717, 1.165) is 11.3 Å². The molecule has 6 heteroatoms. The van der Waals surface area contributed by atoms with Crippen LogP contribution in [-0.4, -0.2) is 16.8 Å². The first kappa shape index (κ1) is 19.6. The molecule has 0 spiro atoms. The average Bonchev–Trinajstić information content (AvgIpc) is 2.68. The number of benzene rings is 2. The molecule has 5 nitrogen and oxygen atoms in total. The summed E-state index contributed by atoms with van der Waals surface area (Å²) in [6.07, 6.45) is 0. The number of amides is 2. The molecule has 0 saturated carbocycles. The van der Waals surface area contributed by atoms with Crippen LogP contribution in [0.15, 0.2) is 66.7 Å². The van der Waals surface area contributed by atoms with E-state index in [1.807, 2.05) is 24.3 Å². The first-order chi connectivity index (χ1) is 13.4. The maximum absolute atomic E-state index is 12.6. The fourth-order valence-electron chi connectivity index (χ4n) is 2.75. The number of hydrogen-bond acceptors (Lipinski definition) is 3. The van der Waals surface area contributed by atoms with Crippen LogP contribution in [0.4, 0.5) is 11.4 Å². The summed E-state index contributed by atoms with van der Waals surface area (Å²) < 4.78 is 0. The lowest BCUT2D eigenvalue weighted by Gasteiger charge is -2.13. The van der Waals surface area contributed by atoms with Crippen LogP contribution in [0.3, 0.4) is 0 Å². The lowest BCUT2D eigenvalue weighted by Crippen LogP contribution is -2.19. The van der Waals surface area contributed by atoms with Gasteiger partial charge in [-0.15, -0.1) is 0 Å². The molecule has 0 atom stereocenters. The van der Waals surface area contributed by atoms with Crippen molar-refractivity contribution in [2.75, 3.05) is 10.6 Å². The predicted octanol–water partition coefficient (Wildman–Crippen LogP) is 5.36. The molecule has 1 aromatic heterocycles. The third-order valence-electron chi connectivity index (χ3n) is 4.13. The highest BCUT2D eigenvalue weighted by Gasteiger charge is 2.15. The number of nitrogens with zero attached hydrogens (tertiary/aromatic N) is 1. The average molecular weight is 394 g/mol. The van der Waals surface area contributed by atoms with E-state index in [0.29, 0.717) is 10.7 Å². The van der Waals surface area contributed by atoms with Gasteiger partial charge >= 0.3 is 0 Å². The molecule has 0 saturated heterocycles. The van der Waals surface area contributed by atoms with E-state index >= 15 is 0 Å². The van der Waals surface area contributed by atoms with Crippen LogP contribution in [0.2, 0.25) is 5.02 Å². The van der Waals surface area contributed by atoms with Gasteiger partial charge in [0, 0.05) is 16.4 Å². The highest BCUT2D eigenvalue weighted by Crippen LogP contribution is 2.24. The summed E-state index contributed by atoms with van der Waals surface area (Å²) in [5, 5.41) is 6.12. The molecule has 0 aliphatic carbocycles. The number of anilines is 2. The Labute approximate surface area is 168 Å². The number of aromatic nitrogens is 1. The van der Waals surface area contributed by atoms with E-state index in [-0.39, 0.29) is 23.2 Å². The Morgan fingerprint density at radius 2 is 1.50 bits per heavy atom. The molecule has 28 heavy (non-hydrogen) atoms. The van der Waals surface area contributed by atoms with Crippen LogP contribution in [0.25, 0.3) is 0 Å². The summed E-state index contributed by atoms with van der Waals surface area (Å²) >= 11 is 5.93. The Bertz CT molecular complexity index is 1020. The molecule has 0 fully saturated rings. The van der Waals surface area contributed by atoms with E-state index < -0.39 is 5.91 Å².